The Hall–Kier alpha value is -2.76. The number of benzene rings is 1. The van der Waals surface area contributed by atoms with E-state index < -0.39 is 5.97 Å². The first-order chi connectivity index (χ1) is 14.6. The lowest BCUT2D eigenvalue weighted by Crippen LogP contribution is -2.22. The maximum Gasteiger partial charge on any atom is 0.308 e. The molecule has 1 fully saturated rings. The van der Waals surface area contributed by atoms with Crippen molar-refractivity contribution < 1.29 is 19.4 Å². The number of anilines is 1. The summed E-state index contributed by atoms with van der Waals surface area (Å²) in [4.78, 5) is 17.9. The van der Waals surface area contributed by atoms with Crippen LogP contribution in [0.1, 0.15) is 46.0 Å². The molecule has 3 rings (SSSR count). The molecule has 6 heteroatoms. The van der Waals surface area contributed by atoms with E-state index >= 15 is 0 Å². The molecule has 162 valence electrons. The Morgan fingerprint density at radius 2 is 1.77 bits per heavy atom. The summed E-state index contributed by atoms with van der Waals surface area (Å²) in [6, 6.07) is 12.1. The average Bonchev–Trinajstić information content (AvgIpc) is 3.25. The smallest absolute Gasteiger partial charge is 0.308 e. The Kier molecular flexibility index (Phi) is 7.94. The minimum atomic E-state index is -0.713. The molecule has 1 aromatic carbocycles. The zero-order valence-electron chi connectivity index (χ0n) is 18.0. The van der Waals surface area contributed by atoms with Gasteiger partial charge in [-0.25, -0.2) is 0 Å². The number of aliphatic carboxylic acids is 1. The fraction of sp³-hybridized carbons (Fsp3) is 0.500. The maximum atomic E-state index is 11.2. The van der Waals surface area contributed by atoms with Gasteiger partial charge in [-0.3, -0.25) is 4.79 Å². The average molecular weight is 413 g/mol. The van der Waals surface area contributed by atoms with E-state index in [4.69, 9.17) is 9.47 Å². The summed E-state index contributed by atoms with van der Waals surface area (Å²) in [7, 11) is 0. The molecule has 2 heterocycles. The number of pyridine rings is 1. The predicted octanol–water partition coefficient (Wildman–Crippen LogP) is 5.02. The molecule has 0 spiro atoms. The first kappa shape index (κ1) is 21.9. The van der Waals surface area contributed by atoms with Crippen LogP contribution in [0.4, 0.5) is 5.69 Å². The van der Waals surface area contributed by atoms with E-state index in [0.717, 1.165) is 49.0 Å². The van der Waals surface area contributed by atoms with Crippen molar-refractivity contribution in [1.82, 2.24) is 4.98 Å². The predicted molar refractivity (Wildman–Crippen MR) is 118 cm³/mol. The van der Waals surface area contributed by atoms with Gasteiger partial charge in [0.15, 0.2) is 0 Å². The SMILES string of the molecule is CCCCOc1ccc(-c2ccc(N3CC[C@@H](C(=O)O)C3)cc2)c(OCCCC)n1. The number of nitrogens with zero attached hydrogens (tertiary/aromatic N) is 2. The standard InChI is InChI=1S/C24H32N2O4/c1-3-5-15-29-22-12-11-21(23(25-22)30-16-6-4-2)18-7-9-20(10-8-18)26-14-13-19(17-26)24(27)28/h7-12,19H,3-6,13-17H2,1-2H3,(H,27,28)/t19-/m1/s1. The van der Waals surface area contributed by atoms with Crippen LogP contribution in [0.3, 0.4) is 0 Å². The number of rotatable bonds is 11. The van der Waals surface area contributed by atoms with Crippen LogP contribution in [-0.2, 0) is 4.79 Å². The van der Waals surface area contributed by atoms with Crippen LogP contribution in [0.15, 0.2) is 36.4 Å². The minimum Gasteiger partial charge on any atom is -0.481 e. The highest BCUT2D eigenvalue weighted by Crippen LogP contribution is 2.33. The van der Waals surface area contributed by atoms with Gasteiger partial charge in [-0.1, -0.05) is 38.8 Å². The molecule has 0 bridgehead atoms. The van der Waals surface area contributed by atoms with Gasteiger partial charge in [-0.05, 0) is 43.0 Å². The molecule has 1 aromatic heterocycles. The lowest BCUT2D eigenvalue weighted by molar-refractivity contribution is -0.140. The summed E-state index contributed by atoms with van der Waals surface area (Å²) in [5, 5.41) is 9.22. The van der Waals surface area contributed by atoms with Gasteiger partial charge in [0.25, 0.3) is 0 Å². The number of hydrogen-bond donors (Lipinski definition) is 1. The summed E-state index contributed by atoms with van der Waals surface area (Å²) in [5.41, 5.74) is 3.00. The zero-order chi connectivity index (χ0) is 21.3. The van der Waals surface area contributed by atoms with E-state index in [-0.39, 0.29) is 5.92 Å². The number of aromatic nitrogens is 1. The molecule has 0 radical (unpaired) electrons. The Balaban J connectivity index is 1.76. The zero-order valence-corrected chi connectivity index (χ0v) is 18.0. The summed E-state index contributed by atoms with van der Waals surface area (Å²) in [6.07, 6.45) is 4.80. The van der Waals surface area contributed by atoms with Crippen LogP contribution in [0.25, 0.3) is 11.1 Å². The van der Waals surface area contributed by atoms with E-state index in [9.17, 15) is 9.90 Å². The fourth-order valence-electron chi connectivity index (χ4n) is 3.52. The Bertz CT molecular complexity index is 822. The highest BCUT2D eigenvalue weighted by atomic mass is 16.5. The molecular formula is C24H32N2O4. The quantitative estimate of drug-likeness (QED) is 0.523. The minimum absolute atomic E-state index is 0.285. The molecule has 1 N–H and O–H groups in total. The van der Waals surface area contributed by atoms with Gasteiger partial charge in [-0.15, -0.1) is 0 Å². The van der Waals surface area contributed by atoms with Gasteiger partial charge >= 0.3 is 5.97 Å². The highest BCUT2D eigenvalue weighted by Gasteiger charge is 2.28. The molecule has 0 aliphatic carbocycles. The third-order valence-electron chi connectivity index (χ3n) is 5.40. The van der Waals surface area contributed by atoms with Gasteiger partial charge in [0.05, 0.1) is 19.1 Å². The molecule has 1 atom stereocenters. The molecule has 0 amide bonds. The third-order valence-corrected chi connectivity index (χ3v) is 5.40. The molecule has 30 heavy (non-hydrogen) atoms. The van der Waals surface area contributed by atoms with Crippen molar-refractivity contribution in [1.29, 1.82) is 0 Å². The van der Waals surface area contributed by atoms with Crippen molar-refractivity contribution in [3.8, 4) is 22.9 Å². The van der Waals surface area contributed by atoms with Crippen molar-refractivity contribution >= 4 is 11.7 Å². The number of hydrogen-bond acceptors (Lipinski definition) is 5. The fourth-order valence-corrected chi connectivity index (χ4v) is 3.52. The molecule has 2 aromatic rings. The monoisotopic (exact) mass is 412 g/mol. The van der Waals surface area contributed by atoms with E-state index in [2.05, 4.69) is 23.7 Å². The first-order valence-electron chi connectivity index (χ1n) is 11.0. The summed E-state index contributed by atoms with van der Waals surface area (Å²) in [6.45, 7) is 6.87. The van der Waals surface area contributed by atoms with Gasteiger partial charge in [0, 0.05) is 30.4 Å². The van der Waals surface area contributed by atoms with Crippen LogP contribution in [0, 0.1) is 5.92 Å². The molecule has 0 saturated carbocycles. The van der Waals surface area contributed by atoms with Crippen molar-refractivity contribution in [2.24, 2.45) is 5.92 Å². The highest BCUT2D eigenvalue weighted by molar-refractivity contribution is 5.73. The summed E-state index contributed by atoms with van der Waals surface area (Å²) < 4.78 is 11.7. The third kappa shape index (κ3) is 5.65. The van der Waals surface area contributed by atoms with Gasteiger partial charge in [-0.2, -0.15) is 4.98 Å². The largest absolute Gasteiger partial charge is 0.481 e. The second kappa shape index (κ2) is 10.9. The van der Waals surface area contributed by atoms with E-state index in [1.165, 1.54) is 0 Å². The topological polar surface area (TPSA) is 71.9 Å². The number of carboxylic acid groups (broad SMARTS) is 1. The van der Waals surface area contributed by atoms with Gasteiger partial charge in [0.1, 0.15) is 0 Å². The molecule has 1 aliphatic heterocycles. The van der Waals surface area contributed by atoms with Crippen molar-refractivity contribution in [3.63, 3.8) is 0 Å². The normalized spacial score (nSPS) is 15.9. The van der Waals surface area contributed by atoms with E-state index in [0.29, 0.717) is 37.9 Å². The Morgan fingerprint density at radius 1 is 1.07 bits per heavy atom. The van der Waals surface area contributed by atoms with Crippen LogP contribution in [0.5, 0.6) is 11.8 Å². The summed E-state index contributed by atoms with van der Waals surface area (Å²) in [5.74, 6) is 0.187. The molecular weight excluding hydrogens is 380 g/mol. The number of carbonyl (C=O) groups is 1. The Morgan fingerprint density at radius 3 is 2.40 bits per heavy atom. The number of unbranched alkanes of at least 4 members (excludes halogenated alkanes) is 2. The molecule has 6 nitrogen and oxygen atoms in total. The van der Waals surface area contributed by atoms with Gasteiger partial charge < -0.3 is 19.5 Å². The number of carboxylic acids is 1. The number of ether oxygens (including phenoxy) is 2. The molecule has 1 saturated heterocycles. The summed E-state index contributed by atoms with van der Waals surface area (Å²) >= 11 is 0. The van der Waals surface area contributed by atoms with Crippen molar-refractivity contribution in [3.05, 3.63) is 36.4 Å². The van der Waals surface area contributed by atoms with Crippen LogP contribution in [0.2, 0.25) is 0 Å². The second-order valence-corrected chi connectivity index (χ2v) is 7.72. The second-order valence-electron chi connectivity index (χ2n) is 7.72. The van der Waals surface area contributed by atoms with Crippen molar-refractivity contribution in [2.45, 2.75) is 46.0 Å². The molecule has 1 aliphatic rings. The van der Waals surface area contributed by atoms with E-state index in [1.54, 1.807) is 0 Å². The van der Waals surface area contributed by atoms with Crippen LogP contribution >= 0.6 is 0 Å². The van der Waals surface area contributed by atoms with Gasteiger partial charge in [0.2, 0.25) is 11.8 Å². The van der Waals surface area contributed by atoms with Crippen LogP contribution in [-0.4, -0.2) is 42.4 Å². The van der Waals surface area contributed by atoms with E-state index in [1.807, 2.05) is 36.4 Å². The van der Waals surface area contributed by atoms with Crippen LogP contribution < -0.4 is 14.4 Å². The van der Waals surface area contributed by atoms with Crippen molar-refractivity contribution in [2.75, 3.05) is 31.2 Å². The first-order valence-corrected chi connectivity index (χ1v) is 11.0. The lowest BCUT2D eigenvalue weighted by Gasteiger charge is -2.19. The molecule has 0 unspecified atom stereocenters. The lowest BCUT2D eigenvalue weighted by atomic mass is 10.1. The maximum absolute atomic E-state index is 11.2. The Labute approximate surface area is 178 Å².